The molecule has 5 heteroatoms. The maximum atomic E-state index is 11.8. The van der Waals surface area contributed by atoms with Crippen molar-refractivity contribution < 1.29 is 23.7 Å². The van der Waals surface area contributed by atoms with Crippen LogP contribution < -0.4 is 18.9 Å². The van der Waals surface area contributed by atoms with Gasteiger partial charge in [0.05, 0.1) is 14.2 Å². The number of fused-ring (bicyclic) bond motifs is 12. The van der Waals surface area contributed by atoms with Crippen molar-refractivity contribution in [2.45, 2.75) is 83.8 Å². The van der Waals surface area contributed by atoms with E-state index < -0.39 is 11.2 Å². The SMILES string of the molecule is COc1ccc(C2(c3ccc(C=O)cc3)C=Cc3c4c(c5c6c(c(OC)cc5c3O2)OC(C)(C)C6)-c2ccccc2C42CC(C)(C)CC(C)(C)C2)cc1. The molecule has 1 saturated carbocycles. The Morgan fingerprint density at radius 1 is 0.736 bits per heavy atom. The average Bonchev–Trinajstić information content (AvgIpc) is 3.60. The van der Waals surface area contributed by atoms with E-state index in [9.17, 15) is 4.79 Å². The summed E-state index contributed by atoms with van der Waals surface area (Å²) in [7, 11) is 3.41. The minimum Gasteiger partial charge on any atom is -0.497 e. The third-order valence-electron chi connectivity index (χ3n) is 12.3. The standard InChI is InChI=1S/C48H48O5/c1-44(2)26-45(3,4)28-47(27-44)37-12-10-9-11-33(37)40-39-35(23-38(51-8)43-36(39)24-46(5,6)52-43)42-34(41(40)47)21-22-48(53-42,30-15-13-29(25-49)14-16-30)31-17-19-32(50-7)20-18-31/h9-23,25H,24,26-28H2,1-8H3. The van der Waals surface area contributed by atoms with E-state index in [1.807, 2.05) is 36.4 Å². The van der Waals surface area contributed by atoms with Gasteiger partial charge in [0.1, 0.15) is 23.4 Å². The smallest absolute Gasteiger partial charge is 0.178 e. The molecule has 0 bridgehead atoms. The van der Waals surface area contributed by atoms with Crippen LogP contribution in [-0.2, 0) is 17.4 Å². The average molecular weight is 705 g/mol. The number of hydrogen-bond donors (Lipinski definition) is 0. The summed E-state index contributed by atoms with van der Waals surface area (Å²) < 4.78 is 26.1. The van der Waals surface area contributed by atoms with E-state index in [1.165, 1.54) is 33.2 Å². The number of rotatable bonds is 5. The fraction of sp³-hybridized carbons (Fsp3) is 0.354. The molecule has 0 aromatic heterocycles. The Morgan fingerprint density at radius 3 is 2.04 bits per heavy atom. The van der Waals surface area contributed by atoms with Gasteiger partial charge in [0.2, 0.25) is 0 Å². The second-order valence-corrected chi connectivity index (χ2v) is 18.0. The first kappa shape index (κ1) is 33.8. The van der Waals surface area contributed by atoms with Crippen LogP contribution in [0.4, 0.5) is 0 Å². The molecule has 9 rings (SSSR count). The van der Waals surface area contributed by atoms with Gasteiger partial charge in [-0.1, -0.05) is 94.4 Å². The van der Waals surface area contributed by atoms with Crippen molar-refractivity contribution in [3.63, 3.8) is 0 Å². The molecule has 5 aromatic rings. The molecule has 1 unspecified atom stereocenters. The fourth-order valence-corrected chi connectivity index (χ4v) is 11.1. The molecule has 4 aliphatic rings. The van der Waals surface area contributed by atoms with Gasteiger partial charge in [-0.3, -0.25) is 4.79 Å². The molecular weight excluding hydrogens is 657 g/mol. The van der Waals surface area contributed by atoms with E-state index in [0.29, 0.717) is 11.3 Å². The van der Waals surface area contributed by atoms with Crippen LogP contribution in [0.25, 0.3) is 28.0 Å². The highest BCUT2D eigenvalue weighted by Crippen LogP contribution is 2.68. The quantitative estimate of drug-likeness (QED) is 0.171. The lowest BCUT2D eigenvalue weighted by Crippen LogP contribution is -2.44. The Morgan fingerprint density at radius 2 is 1.40 bits per heavy atom. The van der Waals surface area contributed by atoms with Crippen LogP contribution in [0.1, 0.15) is 105 Å². The summed E-state index contributed by atoms with van der Waals surface area (Å²) in [6.45, 7) is 14.1. The molecule has 2 heterocycles. The lowest BCUT2D eigenvalue weighted by atomic mass is 9.52. The zero-order chi connectivity index (χ0) is 37.1. The third kappa shape index (κ3) is 4.92. The number of aldehydes is 1. The number of ether oxygens (including phenoxy) is 4. The van der Waals surface area contributed by atoms with Crippen molar-refractivity contribution in [1.82, 2.24) is 0 Å². The number of benzene rings is 5. The van der Waals surface area contributed by atoms with Gasteiger partial charge >= 0.3 is 0 Å². The van der Waals surface area contributed by atoms with Crippen molar-refractivity contribution in [3.05, 3.63) is 124 Å². The Balaban J connectivity index is 1.43. The van der Waals surface area contributed by atoms with Crippen molar-refractivity contribution in [2.75, 3.05) is 14.2 Å². The van der Waals surface area contributed by atoms with Crippen molar-refractivity contribution in [1.29, 1.82) is 0 Å². The normalized spacial score (nSPS) is 21.9. The maximum absolute atomic E-state index is 11.8. The molecule has 2 aliphatic carbocycles. The predicted molar refractivity (Wildman–Crippen MR) is 212 cm³/mol. The first-order chi connectivity index (χ1) is 25.2. The highest BCUT2D eigenvalue weighted by molar-refractivity contribution is 6.11. The third-order valence-corrected chi connectivity index (χ3v) is 12.3. The molecule has 1 fully saturated rings. The number of methoxy groups -OCH3 is 2. The predicted octanol–water partition coefficient (Wildman–Crippen LogP) is 11.2. The van der Waals surface area contributed by atoms with Gasteiger partial charge in [-0.15, -0.1) is 0 Å². The van der Waals surface area contributed by atoms with Gasteiger partial charge in [-0.2, -0.15) is 0 Å². The van der Waals surface area contributed by atoms with Crippen molar-refractivity contribution in [2.24, 2.45) is 10.8 Å². The molecule has 1 spiro atoms. The van der Waals surface area contributed by atoms with E-state index in [2.05, 4.69) is 96.2 Å². The summed E-state index contributed by atoms with van der Waals surface area (Å²) in [6, 6.07) is 27.2. The molecule has 1 atom stereocenters. The van der Waals surface area contributed by atoms with Crippen LogP contribution in [0.5, 0.6) is 23.0 Å². The van der Waals surface area contributed by atoms with Crippen molar-refractivity contribution in [3.8, 4) is 34.1 Å². The molecule has 0 N–H and O–H groups in total. The van der Waals surface area contributed by atoms with Gasteiger partial charge < -0.3 is 18.9 Å². The minimum absolute atomic E-state index is 0.109. The van der Waals surface area contributed by atoms with E-state index in [-0.39, 0.29) is 16.2 Å². The van der Waals surface area contributed by atoms with Crippen LogP contribution in [0.2, 0.25) is 0 Å². The van der Waals surface area contributed by atoms with Crippen LogP contribution in [0.3, 0.4) is 0 Å². The minimum atomic E-state index is -0.992. The van der Waals surface area contributed by atoms with E-state index in [1.54, 1.807) is 14.2 Å². The summed E-state index contributed by atoms with van der Waals surface area (Å²) in [6.07, 6.45) is 9.43. The number of carbonyl (C=O) groups excluding carboxylic acids is 1. The van der Waals surface area contributed by atoms with Crippen LogP contribution >= 0.6 is 0 Å². The molecular formula is C48H48O5. The zero-order valence-electron chi connectivity index (χ0n) is 32.1. The van der Waals surface area contributed by atoms with E-state index in [4.69, 9.17) is 18.9 Å². The summed E-state index contributed by atoms with van der Waals surface area (Å²) in [5.41, 5.74) is 8.82. The molecule has 5 aromatic carbocycles. The van der Waals surface area contributed by atoms with Crippen LogP contribution in [0.15, 0.2) is 84.9 Å². The van der Waals surface area contributed by atoms with Gasteiger partial charge in [-0.25, -0.2) is 0 Å². The Labute approximate surface area is 312 Å². The van der Waals surface area contributed by atoms with Gasteiger partial charge in [-0.05, 0) is 90.5 Å². The highest BCUT2D eigenvalue weighted by Gasteiger charge is 2.56. The van der Waals surface area contributed by atoms with Crippen molar-refractivity contribution >= 4 is 23.1 Å². The highest BCUT2D eigenvalue weighted by atomic mass is 16.5. The Kier molecular flexibility index (Phi) is 7.16. The topological polar surface area (TPSA) is 54.0 Å². The van der Waals surface area contributed by atoms with Crippen LogP contribution in [-0.4, -0.2) is 26.1 Å². The zero-order valence-corrected chi connectivity index (χ0v) is 32.1. The Hall–Kier alpha value is -5.03. The first-order valence-corrected chi connectivity index (χ1v) is 18.9. The van der Waals surface area contributed by atoms with Gasteiger partial charge in [0.25, 0.3) is 0 Å². The molecule has 53 heavy (non-hydrogen) atoms. The molecule has 0 radical (unpaired) electrons. The number of hydrogen-bond acceptors (Lipinski definition) is 5. The largest absolute Gasteiger partial charge is 0.497 e. The molecule has 0 amide bonds. The maximum Gasteiger partial charge on any atom is 0.178 e. The van der Waals surface area contributed by atoms with Gasteiger partial charge in [0.15, 0.2) is 17.1 Å². The van der Waals surface area contributed by atoms with Crippen LogP contribution in [0, 0.1) is 10.8 Å². The fourth-order valence-electron chi connectivity index (χ4n) is 11.1. The summed E-state index contributed by atoms with van der Waals surface area (Å²) in [5, 5.41) is 2.21. The lowest BCUT2D eigenvalue weighted by Gasteiger charge is -2.52. The monoisotopic (exact) mass is 704 g/mol. The summed E-state index contributed by atoms with van der Waals surface area (Å²) in [5.74, 6) is 3.15. The summed E-state index contributed by atoms with van der Waals surface area (Å²) >= 11 is 0. The second kappa shape index (κ2) is 11.2. The lowest BCUT2D eigenvalue weighted by molar-refractivity contribution is 0.0641. The molecule has 2 aliphatic heterocycles. The number of carbonyl (C=O) groups is 1. The van der Waals surface area contributed by atoms with E-state index >= 15 is 0 Å². The molecule has 5 nitrogen and oxygen atoms in total. The molecule has 270 valence electrons. The molecule has 0 saturated heterocycles. The second-order valence-electron chi connectivity index (χ2n) is 18.0. The van der Waals surface area contributed by atoms with E-state index in [0.717, 1.165) is 71.3 Å². The first-order valence-electron chi connectivity index (χ1n) is 18.9. The Bertz CT molecular complexity index is 2340. The van der Waals surface area contributed by atoms with Gasteiger partial charge in [0, 0.05) is 50.4 Å². The summed E-state index contributed by atoms with van der Waals surface area (Å²) in [4.78, 5) is 11.8.